The van der Waals surface area contributed by atoms with Crippen LogP contribution in [0.4, 0.5) is 5.69 Å². The summed E-state index contributed by atoms with van der Waals surface area (Å²) >= 11 is 6.06. The number of carbonyl (C=O) groups is 3. The molecule has 0 aliphatic carbocycles. The number of halogens is 1. The minimum absolute atomic E-state index is 0.00745. The van der Waals surface area contributed by atoms with Crippen LogP contribution in [-0.2, 0) is 14.4 Å². The van der Waals surface area contributed by atoms with E-state index in [9.17, 15) is 14.4 Å². The maximum atomic E-state index is 12.3. The Morgan fingerprint density at radius 1 is 1.07 bits per heavy atom. The molecule has 2 aromatic carbocycles. The van der Waals surface area contributed by atoms with Crippen molar-refractivity contribution in [3.8, 4) is 17.2 Å². The fourth-order valence-electron chi connectivity index (χ4n) is 2.88. The van der Waals surface area contributed by atoms with Crippen molar-refractivity contribution in [1.29, 1.82) is 0 Å². The van der Waals surface area contributed by atoms with Gasteiger partial charge in [-0.3, -0.25) is 19.3 Å². The molecule has 29 heavy (non-hydrogen) atoms. The average molecular weight is 417 g/mol. The lowest BCUT2D eigenvalue weighted by Crippen LogP contribution is -2.32. The molecule has 152 valence electrons. The number of benzene rings is 2. The topological polar surface area (TPSA) is 84.9 Å². The fraction of sp³-hybridized carbons (Fsp3) is 0.286. The molecule has 0 atom stereocenters. The molecule has 0 saturated carbocycles. The second-order valence-corrected chi connectivity index (χ2v) is 6.82. The number of amides is 3. The molecule has 8 heteroatoms. The van der Waals surface area contributed by atoms with Gasteiger partial charge in [-0.2, -0.15) is 0 Å². The first-order valence-corrected chi connectivity index (χ1v) is 9.67. The molecule has 1 aliphatic heterocycles. The van der Waals surface area contributed by atoms with E-state index in [-0.39, 0.29) is 43.5 Å². The summed E-state index contributed by atoms with van der Waals surface area (Å²) < 4.78 is 11.3. The largest absolute Gasteiger partial charge is 0.494 e. The molecule has 1 N–H and O–H groups in total. The lowest BCUT2D eigenvalue weighted by molar-refractivity contribution is -0.138. The van der Waals surface area contributed by atoms with Gasteiger partial charge in [-0.25, -0.2) is 0 Å². The summed E-state index contributed by atoms with van der Waals surface area (Å²) in [4.78, 5) is 36.8. The number of likely N-dealkylation sites (tertiary alicyclic amines) is 1. The van der Waals surface area contributed by atoms with Crippen LogP contribution in [0.1, 0.15) is 26.2 Å². The molecule has 0 radical (unpaired) electrons. The summed E-state index contributed by atoms with van der Waals surface area (Å²) in [6.07, 6.45) is 0.399. The third kappa shape index (κ3) is 5.48. The Morgan fingerprint density at radius 3 is 2.38 bits per heavy atom. The monoisotopic (exact) mass is 416 g/mol. The SMILES string of the molecule is CCOc1ccc(Oc2ccc(Cl)cc2NC(=O)CCN2C(=O)CCC2=O)cc1. The summed E-state index contributed by atoms with van der Waals surface area (Å²) in [6, 6.07) is 12.0. The molecule has 1 aliphatic rings. The summed E-state index contributed by atoms with van der Waals surface area (Å²) in [5, 5.41) is 3.17. The minimum Gasteiger partial charge on any atom is -0.494 e. The quantitative estimate of drug-likeness (QED) is 0.657. The summed E-state index contributed by atoms with van der Waals surface area (Å²) in [6.45, 7) is 2.53. The third-order valence-corrected chi connectivity index (χ3v) is 4.53. The first kappa shape index (κ1) is 20.7. The molecule has 0 spiro atoms. The van der Waals surface area contributed by atoms with E-state index in [0.717, 1.165) is 10.6 Å². The van der Waals surface area contributed by atoms with Crippen LogP contribution in [-0.4, -0.2) is 35.8 Å². The zero-order valence-corrected chi connectivity index (χ0v) is 16.7. The van der Waals surface area contributed by atoms with Gasteiger partial charge in [-0.15, -0.1) is 0 Å². The van der Waals surface area contributed by atoms with Crippen LogP contribution in [0.3, 0.4) is 0 Å². The first-order chi connectivity index (χ1) is 14.0. The second kappa shape index (κ2) is 9.43. The molecule has 3 rings (SSSR count). The van der Waals surface area contributed by atoms with Crippen molar-refractivity contribution < 1.29 is 23.9 Å². The normalized spacial score (nSPS) is 13.5. The van der Waals surface area contributed by atoms with Gasteiger partial charge in [0, 0.05) is 30.8 Å². The first-order valence-electron chi connectivity index (χ1n) is 9.29. The maximum absolute atomic E-state index is 12.3. The van der Waals surface area contributed by atoms with Crippen molar-refractivity contribution in [3.05, 3.63) is 47.5 Å². The minimum atomic E-state index is -0.351. The molecule has 2 aromatic rings. The Bertz CT molecular complexity index is 898. The van der Waals surface area contributed by atoms with Crippen LogP contribution in [0.2, 0.25) is 5.02 Å². The van der Waals surface area contributed by atoms with Gasteiger partial charge >= 0.3 is 0 Å². The molecule has 3 amide bonds. The number of nitrogens with one attached hydrogen (secondary N) is 1. The van der Waals surface area contributed by atoms with E-state index >= 15 is 0 Å². The maximum Gasteiger partial charge on any atom is 0.229 e. The van der Waals surface area contributed by atoms with Crippen LogP contribution in [0.5, 0.6) is 17.2 Å². The van der Waals surface area contributed by atoms with Crippen LogP contribution in [0, 0.1) is 0 Å². The van der Waals surface area contributed by atoms with Crippen molar-refractivity contribution in [2.75, 3.05) is 18.5 Å². The van der Waals surface area contributed by atoms with Gasteiger partial charge in [0.05, 0.1) is 12.3 Å². The smallest absolute Gasteiger partial charge is 0.229 e. The van der Waals surface area contributed by atoms with Gasteiger partial charge in [0.1, 0.15) is 11.5 Å². The lowest BCUT2D eigenvalue weighted by Gasteiger charge is -2.15. The van der Waals surface area contributed by atoms with Crippen LogP contribution < -0.4 is 14.8 Å². The Kier molecular flexibility index (Phi) is 6.72. The number of rotatable bonds is 8. The van der Waals surface area contributed by atoms with Crippen LogP contribution in [0.25, 0.3) is 0 Å². The number of nitrogens with zero attached hydrogens (tertiary/aromatic N) is 1. The molecular weight excluding hydrogens is 396 g/mol. The molecule has 1 fully saturated rings. The predicted octanol–water partition coefficient (Wildman–Crippen LogP) is 4.01. The van der Waals surface area contributed by atoms with E-state index in [1.165, 1.54) is 0 Å². The van der Waals surface area contributed by atoms with E-state index in [1.54, 1.807) is 42.5 Å². The van der Waals surface area contributed by atoms with Crippen molar-refractivity contribution in [2.24, 2.45) is 0 Å². The highest BCUT2D eigenvalue weighted by atomic mass is 35.5. The standard InChI is InChI=1S/C21H21ClN2O5/c1-2-28-15-4-6-16(7-5-15)29-18-8-3-14(22)13-17(18)23-19(25)11-12-24-20(26)9-10-21(24)27/h3-8,13H,2,9-12H2,1H3,(H,23,25). The number of anilines is 1. The zero-order valence-electron chi connectivity index (χ0n) is 15.9. The summed E-state index contributed by atoms with van der Waals surface area (Å²) in [5.74, 6) is 0.877. The third-order valence-electron chi connectivity index (χ3n) is 4.30. The van der Waals surface area contributed by atoms with E-state index in [0.29, 0.717) is 28.8 Å². The fourth-order valence-corrected chi connectivity index (χ4v) is 3.06. The van der Waals surface area contributed by atoms with Gasteiger partial charge in [0.25, 0.3) is 0 Å². The van der Waals surface area contributed by atoms with Gasteiger partial charge in [0.15, 0.2) is 5.75 Å². The highest BCUT2D eigenvalue weighted by Crippen LogP contribution is 2.33. The highest BCUT2D eigenvalue weighted by molar-refractivity contribution is 6.31. The van der Waals surface area contributed by atoms with Crippen LogP contribution in [0.15, 0.2) is 42.5 Å². The average Bonchev–Trinajstić information content (AvgIpc) is 3.01. The van der Waals surface area contributed by atoms with E-state index < -0.39 is 0 Å². The predicted molar refractivity (Wildman–Crippen MR) is 108 cm³/mol. The number of carbonyl (C=O) groups excluding carboxylic acids is 3. The Morgan fingerprint density at radius 2 is 1.72 bits per heavy atom. The molecule has 7 nitrogen and oxygen atoms in total. The van der Waals surface area contributed by atoms with Gasteiger partial charge < -0.3 is 14.8 Å². The molecule has 1 saturated heterocycles. The molecule has 0 aromatic heterocycles. The van der Waals surface area contributed by atoms with Crippen molar-refractivity contribution in [3.63, 3.8) is 0 Å². The van der Waals surface area contributed by atoms with E-state index in [2.05, 4.69) is 5.32 Å². The van der Waals surface area contributed by atoms with E-state index in [1.807, 2.05) is 6.92 Å². The van der Waals surface area contributed by atoms with Gasteiger partial charge in [-0.05, 0) is 49.4 Å². The summed E-state index contributed by atoms with van der Waals surface area (Å²) in [5.41, 5.74) is 0.399. The summed E-state index contributed by atoms with van der Waals surface area (Å²) in [7, 11) is 0. The molecular formula is C21H21ClN2O5. The zero-order chi connectivity index (χ0) is 20.8. The van der Waals surface area contributed by atoms with Crippen molar-refractivity contribution >= 4 is 35.0 Å². The lowest BCUT2D eigenvalue weighted by atomic mass is 10.2. The Labute approximate surface area is 173 Å². The Hall–Kier alpha value is -3.06. The molecule has 1 heterocycles. The van der Waals surface area contributed by atoms with Gasteiger partial charge in [-0.1, -0.05) is 11.6 Å². The second-order valence-electron chi connectivity index (χ2n) is 6.38. The number of imide groups is 1. The van der Waals surface area contributed by atoms with Crippen molar-refractivity contribution in [2.45, 2.75) is 26.2 Å². The van der Waals surface area contributed by atoms with Crippen molar-refractivity contribution in [1.82, 2.24) is 4.90 Å². The number of ether oxygens (including phenoxy) is 2. The highest BCUT2D eigenvalue weighted by Gasteiger charge is 2.28. The molecule has 0 unspecified atom stereocenters. The van der Waals surface area contributed by atoms with E-state index in [4.69, 9.17) is 21.1 Å². The van der Waals surface area contributed by atoms with Gasteiger partial charge in [0.2, 0.25) is 17.7 Å². The Balaban J connectivity index is 1.65. The number of hydrogen-bond donors (Lipinski definition) is 1. The van der Waals surface area contributed by atoms with Crippen LogP contribution >= 0.6 is 11.6 Å². The number of hydrogen-bond acceptors (Lipinski definition) is 5. The molecule has 0 bridgehead atoms.